The lowest BCUT2D eigenvalue weighted by molar-refractivity contribution is -0.122. The number of carbonyl (C=O) groups excluding carboxylic acids is 1. The van der Waals surface area contributed by atoms with Gasteiger partial charge in [0.1, 0.15) is 0 Å². The summed E-state index contributed by atoms with van der Waals surface area (Å²) in [6.45, 7) is 4.57. The number of aryl methyl sites for hydroxylation is 1. The van der Waals surface area contributed by atoms with E-state index < -0.39 is 0 Å². The maximum absolute atomic E-state index is 11.3. The Kier molecular flexibility index (Phi) is 4.96. The van der Waals surface area contributed by atoms with Gasteiger partial charge in [-0.25, -0.2) is 0 Å². The Morgan fingerprint density at radius 2 is 2.19 bits per heavy atom. The van der Waals surface area contributed by atoms with Crippen LogP contribution in [-0.2, 0) is 11.3 Å². The van der Waals surface area contributed by atoms with Crippen molar-refractivity contribution in [2.45, 2.75) is 26.4 Å². The monoisotopic (exact) mass is 284 g/mol. The van der Waals surface area contributed by atoms with Crippen molar-refractivity contribution >= 4 is 21.8 Å². The van der Waals surface area contributed by atoms with Crippen molar-refractivity contribution in [1.82, 2.24) is 10.6 Å². The third kappa shape index (κ3) is 3.61. The number of rotatable bonds is 4. The van der Waals surface area contributed by atoms with Crippen LogP contribution in [0.3, 0.4) is 0 Å². The van der Waals surface area contributed by atoms with Crippen molar-refractivity contribution in [1.29, 1.82) is 0 Å². The molecular formula is C12H17BrN2O. The summed E-state index contributed by atoms with van der Waals surface area (Å²) in [5, 5.41) is 5.78. The van der Waals surface area contributed by atoms with Crippen molar-refractivity contribution in [3.8, 4) is 0 Å². The van der Waals surface area contributed by atoms with E-state index in [4.69, 9.17) is 0 Å². The van der Waals surface area contributed by atoms with Gasteiger partial charge < -0.3 is 10.6 Å². The molecule has 1 aromatic carbocycles. The fourth-order valence-corrected chi connectivity index (χ4v) is 2.00. The molecule has 1 aromatic rings. The summed E-state index contributed by atoms with van der Waals surface area (Å²) >= 11 is 3.51. The maximum atomic E-state index is 11.3. The second-order valence-electron chi connectivity index (χ2n) is 3.81. The Morgan fingerprint density at radius 1 is 1.50 bits per heavy atom. The van der Waals surface area contributed by atoms with Crippen LogP contribution < -0.4 is 10.6 Å². The first-order valence-electron chi connectivity index (χ1n) is 5.24. The van der Waals surface area contributed by atoms with Gasteiger partial charge in [-0.15, -0.1) is 0 Å². The maximum Gasteiger partial charge on any atom is 0.236 e. The number of benzene rings is 1. The van der Waals surface area contributed by atoms with Crippen LogP contribution in [-0.4, -0.2) is 19.0 Å². The zero-order chi connectivity index (χ0) is 12.1. The van der Waals surface area contributed by atoms with E-state index in [2.05, 4.69) is 51.7 Å². The van der Waals surface area contributed by atoms with E-state index in [1.165, 1.54) is 5.56 Å². The summed E-state index contributed by atoms with van der Waals surface area (Å²) in [5.41, 5.74) is 2.37. The molecule has 0 fully saturated rings. The molecule has 2 N–H and O–H groups in total. The molecule has 1 amide bonds. The summed E-state index contributed by atoms with van der Waals surface area (Å²) in [6.07, 6.45) is 0. The van der Waals surface area contributed by atoms with Crippen LogP contribution in [0.1, 0.15) is 18.1 Å². The highest BCUT2D eigenvalue weighted by atomic mass is 79.9. The molecule has 88 valence electrons. The zero-order valence-electron chi connectivity index (χ0n) is 9.80. The molecule has 0 radical (unpaired) electrons. The summed E-state index contributed by atoms with van der Waals surface area (Å²) < 4.78 is 1.07. The van der Waals surface area contributed by atoms with Crippen LogP contribution in [0, 0.1) is 6.92 Å². The Labute approximate surface area is 105 Å². The van der Waals surface area contributed by atoms with Crippen LogP contribution >= 0.6 is 15.9 Å². The van der Waals surface area contributed by atoms with Gasteiger partial charge in [0.25, 0.3) is 0 Å². The minimum atomic E-state index is -0.182. The SMILES string of the molecule is CNC(=O)[C@@H](C)NCc1ccc(C)cc1Br. The Morgan fingerprint density at radius 3 is 2.75 bits per heavy atom. The van der Waals surface area contributed by atoms with Gasteiger partial charge in [0.2, 0.25) is 5.91 Å². The molecule has 0 spiro atoms. The molecule has 3 nitrogen and oxygen atoms in total. The first kappa shape index (κ1) is 13.2. The number of carbonyl (C=O) groups is 1. The van der Waals surface area contributed by atoms with E-state index in [0.717, 1.165) is 10.0 Å². The average Bonchev–Trinajstić information content (AvgIpc) is 2.26. The Hall–Kier alpha value is -0.870. The number of likely N-dealkylation sites (N-methyl/N-ethyl adjacent to an activating group) is 1. The molecule has 16 heavy (non-hydrogen) atoms. The van der Waals surface area contributed by atoms with Crippen LogP contribution in [0.4, 0.5) is 0 Å². The average molecular weight is 285 g/mol. The van der Waals surface area contributed by atoms with Crippen LogP contribution in [0.2, 0.25) is 0 Å². The summed E-state index contributed by atoms with van der Waals surface area (Å²) in [4.78, 5) is 11.3. The summed E-state index contributed by atoms with van der Waals surface area (Å²) in [7, 11) is 1.64. The van der Waals surface area contributed by atoms with Gasteiger partial charge in [0.05, 0.1) is 6.04 Å². The molecule has 0 bridgehead atoms. The van der Waals surface area contributed by atoms with Gasteiger partial charge in [-0.3, -0.25) is 4.79 Å². The number of nitrogens with one attached hydrogen (secondary N) is 2. The van der Waals surface area contributed by atoms with Gasteiger partial charge in [-0.1, -0.05) is 28.1 Å². The molecule has 1 rings (SSSR count). The second-order valence-corrected chi connectivity index (χ2v) is 4.67. The van der Waals surface area contributed by atoms with E-state index in [1.54, 1.807) is 7.05 Å². The van der Waals surface area contributed by atoms with E-state index in [9.17, 15) is 4.79 Å². The van der Waals surface area contributed by atoms with E-state index in [1.807, 2.05) is 6.92 Å². The van der Waals surface area contributed by atoms with Gasteiger partial charge in [0.15, 0.2) is 0 Å². The first-order valence-corrected chi connectivity index (χ1v) is 6.04. The predicted molar refractivity (Wildman–Crippen MR) is 69.2 cm³/mol. The highest BCUT2D eigenvalue weighted by Crippen LogP contribution is 2.18. The van der Waals surface area contributed by atoms with Crippen LogP contribution in [0.5, 0.6) is 0 Å². The number of amides is 1. The van der Waals surface area contributed by atoms with Gasteiger partial charge in [-0.05, 0) is 31.0 Å². The van der Waals surface area contributed by atoms with Crippen molar-refractivity contribution in [2.24, 2.45) is 0 Å². The van der Waals surface area contributed by atoms with Gasteiger partial charge in [-0.2, -0.15) is 0 Å². The Bertz CT molecular complexity index is 379. The quantitative estimate of drug-likeness (QED) is 0.888. The van der Waals surface area contributed by atoms with Crippen molar-refractivity contribution < 1.29 is 4.79 Å². The fourth-order valence-electron chi connectivity index (χ4n) is 1.37. The van der Waals surface area contributed by atoms with Crippen molar-refractivity contribution in [3.05, 3.63) is 33.8 Å². The number of hydrogen-bond donors (Lipinski definition) is 2. The minimum absolute atomic E-state index is 0.00299. The predicted octanol–water partition coefficient (Wildman–Crippen LogP) is 1.98. The van der Waals surface area contributed by atoms with Crippen molar-refractivity contribution in [3.63, 3.8) is 0 Å². The smallest absolute Gasteiger partial charge is 0.236 e. The van der Waals surface area contributed by atoms with E-state index in [0.29, 0.717) is 6.54 Å². The standard InChI is InChI=1S/C12H17BrN2O/c1-8-4-5-10(11(13)6-8)7-15-9(2)12(16)14-3/h4-6,9,15H,7H2,1-3H3,(H,14,16)/t9-/m1/s1. The third-order valence-corrected chi connectivity index (χ3v) is 3.19. The molecule has 0 aromatic heterocycles. The highest BCUT2D eigenvalue weighted by molar-refractivity contribution is 9.10. The largest absolute Gasteiger partial charge is 0.358 e. The molecule has 0 heterocycles. The van der Waals surface area contributed by atoms with Crippen molar-refractivity contribution in [2.75, 3.05) is 7.05 Å². The summed E-state index contributed by atoms with van der Waals surface area (Å²) in [5.74, 6) is 0.00299. The summed E-state index contributed by atoms with van der Waals surface area (Å²) in [6, 6.07) is 6.01. The molecule has 0 aliphatic rings. The first-order chi connectivity index (χ1) is 7.54. The minimum Gasteiger partial charge on any atom is -0.358 e. The van der Waals surface area contributed by atoms with Crippen LogP contribution in [0.25, 0.3) is 0 Å². The molecule has 0 aliphatic heterocycles. The molecule has 0 saturated carbocycles. The number of halogens is 1. The fraction of sp³-hybridized carbons (Fsp3) is 0.417. The van der Waals surface area contributed by atoms with E-state index >= 15 is 0 Å². The Balaban J connectivity index is 2.58. The topological polar surface area (TPSA) is 41.1 Å². The molecule has 0 unspecified atom stereocenters. The lowest BCUT2D eigenvalue weighted by atomic mass is 10.1. The van der Waals surface area contributed by atoms with Gasteiger partial charge >= 0.3 is 0 Å². The lowest BCUT2D eigenvalue weighted by Crippen LogP contribution is -2.40. The van der Waals surface area contributed by atoms with Crippen LogP contribution in [0.15, 0.2) is 22.7 Å². The molecule has 0 saturated heterocycles. The van der Waals surface area contributed by atoms with E-state index in [-0.39, 0.29) is 11.9 Å². The molecule has 0 aliphatic carbocycles. The molecule has 4 heteroatoms. The lowest BCUT2D eigenvalue weighted by Gasteiger charge is -2.13. The third-order valence-electron chi connectivity index (χ3n) is 2.45. The highest BCUT2D eigenvalue weighted by Gasteiger charge is 2.10. The van der Waals surface area contributed by atoms with Gasteiger partial charge in [0, 0.05) is 18.1 Å². The second kappa shape index (κ2) is 6.01. The molecular weight excluding hydrogens is 268 g/mol. The molecule has 1 atom stereocenters. The zero-order valence-corrected chi connectivity index (χ0v) is 11.4. The number of hydrogen-bond acceptors (Lipinski definition) is 2. The normalized spacial score (nSPS) is 12.2.